The minimum atomic E-state index is -0.291. The van der Waals surface area contributed by atoms with Gasteiger partial charge in [-0.15, -0.1) is 0 Å². The van der Waals surface area contributed by atoms with E-state index in [9.17, 15) is 4.79 Å². The number of hydrogen-bond donors (Lipinski definition) is 1. The third-order valence-corrected chi connectivity index (χ3v) is 5.68. The van der Waals surface area contributed by atoms with E-state index in [4.69, 9.17) is 9.47 Å². The molecule has 0 saturated carbocycles. The molecule has 1 aromatic heterocycles. The molecule has 2 aliphatic rings. The minimum Gasteiger partial charge on any atom is -0.490 e. The number of likely N-dealkylation sites (N-methyl/N-ethyl adjacent to an activating group) is 1. The van der Waals surface area contributed by atoms with Crippen LogP contribution >= 0.6 is 0 Å². The number of nitrogens with zero attached hydrogens (tertiary/aromatic N) is 5. The lowest BCUT2D eigenvalue weighted by Gasteiger charge is -2.16. The number of hydrogen-bond acceptors (Lipinski definition) is 8. The van der Waals surface area contributed by atoms with E-state index in [1.165, 1.54) is 0 Å². The van der Waals surface area contributed by atoms with Gasteiger partial charge in [-0.25, -0.2) is 9.79 Å². The van der Waals surface area contributed by atoms with Crippen LogP contribution in [0.1, 0.15) is 24.8 Å². The maximum atomic E-state index is 12.2. The number of carbonyl (C=O) groups is 1. The first-order chi connectivity index (χ1) is 16.6. The van der Waals surface area contributed by atoms with Crippen LogP contribution in [-0.2, 0) is 11.3 Å². The van der Waals surface area contributed by atoms with Crippen molar-refractivity contribution in [1.82, 2.24) is 25.3 Å². The molecule has 3 heterocycles. The lowest BCUT2D eigenvalue weighted by atomic mass is 10.1. The molecule has 0 bridgehead atoms. The summed E-state index contributed by atoms with van der Waals surface area (Å²) in [7, 11) is 4.03. The molecule has 180 valence electrons. The van der Waals surface area contributed by atoms with Crippen molar-refractivity contribution in [2.45, 2.75) is 31.9 Å². The summed E-state index contributed by atoms with van der Waals surface area (Å²) in [4.78, 5) is 20.2. The summed E-state index contributed by atoms with van der Waals surface area (Å²) in [6.45, 7) is 3.46. The van der Waals surface area contributed by atoms with E-state index >= 15 is 0 Å². The maximum absolute atomic E-state index is 12.2. The van der Waals surface area contributed by atoms with Crippen LogP contribution in [0.15, 0.2) is 53.8 Å². The number of allylic oxidation sites excluding steroid dienone is 1. The fourth-order valence-electron chi connectivity index (χ4n) is 3.83. The summed E-state index contributed by atoms with van der Waals surface area (Å²) in [6, 6.07) is 10.1. The number of carbonyl (C=O) groups excluding carboxylic acids is 1. The third kappa shape index (κ3) is 6.61. The molecule has 4 rings (SSSR count). The summed E-state index contributed by atoms with van der Waals surface area (Å²) < 4.78 is 11.3. The molecular weight excluding hydrogens is 432 g/mol. The Bertz CT molecular complexity index is 1040. The first kappa shape index (κ1) is 23.8. The highest BCUT2D eigenvalue weighted by molar-refractivity contribution is 5.97. The van der Waals surface area contributed by atoms with E-state index < -0.39 is 0 Å². The molecule has 0 radical (unpaired) electrons. The lowest BCUT2D eigenvalue weighted by Crippen LogP contribution is -2.33. The molecular formula is C25H32N6O3. The number of aliphatic imine (C=N–C) groups is 1. The molecule has 0 unspecified atom stereocenters. The van der Waals surface area contributed by atoms with Crippen LogP contribution in [0.4, 0.5) is 4.79 Å². The van der Waals surface area contributed by atoms with Gasteiger partial charge in [0.2, 0.25) is 0 Å². The zero-order valence-electron chi connectivity index (χ0n) is 19.8. The Hall–Kier alpha value is -3.30. The fraction of sp³-hybridized carbons (Fsp3) is 0.440. The van der Waals surface area contributed by atoms with Gasteiger partial charge in [-0.3, -0.25) is 4.90 Å². The standard InChI is InChI=1S/C25H32N6O3/c1-30(2)12-13-33-22-15-23(29-28-17-22)20-7-5-6-19(14-20)16-26-11-9-21-18-31(25(32)34-21)24-8-3-4-10-27-24/h4-7,10,14-15,17,21,26H,3,8-9,11-13,16,18H2,1-2H3/t21-/m0/s1. The van der Waals surface area contributed by atoms with E-state index in [2.05, 4.69) is 37.5 Å². The highest BCUT2D eigenvalue weighted by atomic mass is 16.6. The zero-order valence-corrected chi connectivity index (χ0v) is 19.8. The van der Waals surface area contributed by atoms with Gasteiger partial charge >= 0.3 is 6.09 Å². The van der Waals surface area contributed by atoms with Crippen LogP contribution in [0.3, 0.4) is 0 Å². The number of rotatable bonds is 10. The maximum Gasteiger partial charge on any atom is 0.415 e. The van der Waals surface area contributed by atoms with Gasteiger partial charge in [0.05, 0.1) is 18.4 Å². The van der Waals surface area contributed by atoms with Crippen molar-refractivity contribution in [3.8, 4) is 17.0 Å². The number of benzene rings is 1. The van der Waals surface area contributed by atoms with Gasteiger partial charge in [-0.1, -0.05) is 24.3 Å². The van der Waals surface area contributed by atoms with Crippen molar-refractivity contribution < 1.29 is 14.3 Å². The second-order valence-corrected chi connectivity index (χ2v) is 8.68. The molecule has 9 nitrogen and oxygen atoms in total. The zero-order chi connectivity index (χ0) is 23.8. The SMILES string of the molecule is CN(C)CCOc1cnnc(-c2cccc(CNCC[C@H]3CN(C4=NC=CCC4)C(=O)O3)c2)c1. The molecule has 1 atom stereocenters. The number of amidine groups is 1. The smallest absolute Gasteiger partial charge is 0.415 e. The first-order valence-electron chi connectivity index (χ1n) is 11.7. The Kier molecular flexibility index (Phi) is 8.21. The van der Waals surface area contributed by atoms with Gasteiger partial charge < -0.3 is 19.7 Å². The molecule has 1 N–H and O–H groups in total. The molecule has 2 aromatic rings. The summed E-state index contributed by atoms with van der Waals surface area (Å²) in [5, 5.41) is 11.8. The second kappa shape index (κ2) is 11.7. The molecule has 1 aromatic carbocycles. The highest BCUT2D eigenvalue weighted by Crippen LogP contribution is 2.22. The van der Waals surface area contributed by atoms with Crippen LogP contribution < -0.4 is 10.1 Å². The van der Waals surface area contributed by atoms with Crippen molar-refractivity contribution in [1.29, 1.82) is 0 Å². The van der Waals surface area contributed by atoms with Crippen molar-refractivity contribution in [3.63, 3.8) is 0 Å². The fourth-order valence-corrected chi connectivity index (χ4v) is 3.83. The number of nitrogens with one attached hydrogen (secondary N) is 1. The van der Waals surface area contributed by atoms with Gasteiger partial charge in [0.25, 0.3) is 0 Å². The normalized spacial score (nSPS) is 17.7. The molecule has 0 aliphatic carbocycles. The van der Waals surface area contributed by atoms with E-state index in [1.807, 2.05) is 38.4 Å². The van der Waals surface area contributed by atoms with Crippen LogP contribution in [-0.4, -0.2) is 78.4 Å². The average Bonchev–Trinajstić information content (AvgIpc) is 3.23. The Morgan fingerprint density at radius 1 is 1.29 bits per heavy atom. The predicted octanol–water partition coefficient (Wildman–Crippen LogP) is 3.09. The number of ether oxygens (including phenoxy) is 2. The number of cyclic esters (lactones) is 1. The average molecular weight is 465 g/mol. The minimum absolute atomic E-state index is 0.120. The van der Waals surface area contributed by atoms with Crippen molar-refractivity contribution >= 4 is 11.9 Å². The predicted molar refractivity (Wildman–Crippen MR) is 131 cm³/mol. The number of amides is 1. The lowest BCUT2D eigenvalue weighted by molar-refractivity contribution is 0.132. The molecule has 2 aliphatic heterocycles. The quantitative estimate of drug-likeness (QED) is 0.540. The Labute approximate surface area is 200 Å². The van der Waals surface area contributed by atoms with Gasteiger partial charge in [-0.2, -0.15) is 10.2 Å². The van der Waals surface area contributed by atoms with Crippen molar-refractivity contribution in [3.05, 3.63) is 54.4 Å². The molecule has 9 heteroatoms. The van der Waals surface area contributed by atoms with Crippen LogP contribution in [0.5, 0.6) is 5.75 Å². The van der Waals surface area contributed by atoms with Gasteiger partial charge in [0.15, 0.2) is 0 Å². The highest BCUT2D eigenvalue weighted by Gasteiger charge is 2.33. The monoisotopic (exact) mass is 464 g/mol. The van der Waals surface area contributed by atoms with Crippen molar-refractivity contribution in [2.75, 3.05) is 40.3 Å². The second-order valence-electron chi connectivity index (χ2n) is 8.68. The number of aromatic nitrogens is 2. The molecule has 34 heavy (non-hydrogen) atoms. The third-order valence-electron chi connectivity index (χ3n) is 5.68. The van der Waals surface area contributed by atoms with Gasteiger partial charge in [-0.05, 0) is 45.1 Å². The van der Waals surface area contributed by atoms with Crippen molar-refractivity contribution in [2.24, 2.45) is 4.99 Å². The van der Waals surface area contributed by atoms with Crippen LogP contribution in [0, 0.1) is 0 Å². The van der Waals surface area contributed by atoms with Crippen LogP contribution in [0.25, 0.3) is 11.3 Å². The van der Waals surface area contributed by atoms with E-state index in [-0.39, 0.29) is 12.2 Å². The van der Waals surface area contributed by atoms with E-state index in [0.717, 1.165) is 55.0 Å². The van der Waals surface area contributed by atoms with E-state index in [1.54, 1.807) is 17.3 Å². The van der Waals surface area contributed by atoms with Gasteiger partial charge in [0, 0.05) is 37.3 Å². The molecule has 1 saturated heterocycles. The molecule has 1 fully saturated rings. The topological polar surface area (TPSA) is 92.2 Å². The summed E-state index contributed by atoms with van der Waals surface area (Å²) in [6.07, 6.45) is 7.43. The Morgan fingerprint density at radius 3 is 3.03 bits per heavy atom. The van der Waals surface area contributed by atoms with Gasteiger partial charge in [0.1, 0.15) is 24.3 Å². The van der Waals surface area contributed by atoms with E-state index in [0.29, 0.717) is 25.4 Å². The largest absolute Gasteiger partial charge is 0.490 e. The summed E-state index contributed by atoms with van der Waals surface area (Å²) in [5.41, 5.74) is 2.92. The van der Waals surface area contributed by atoms with Crippen LogP contribution in [0.2, 0.25) is 0 Å². The Morgan fingerprint density at radius 2 is 2.21 bits per heavy atom. The summed E-state index contributed by atoms with van der Waals surface area (Å²) in [5.74, 6) is 1.51. The molecule has 1 amide bonds. The Balaban J connectivity index is 1.25. The molecule has 0 spiro atoms. The first-order valence-corrected chi connectivity index (χ1v) is 11.7. The summed E-state index contributed by atoms with van der Waals surface area (Å²) >= 11 is 0.